The van der Waals surface area contributed by atoms with Crippen LogP contribution in [-0.2, 0) is 4.99 Å². The predicted molar refractivity (Wildman–Crippen MR) is 12.9 cm³/mol. The average Bonchev–Trinajstić information content (AvgIpc) is 1.41. The van der Waals surface area contributed by atoms with Gasteiger partial charge in [-0.3, -0.25) is 0 Å². The molecule has 2 radical (unpaired) electrons. The fourth-order valence-corrected chi connectivity index (χ4v) is 0.0211. The maximum atomic E-state index is 7.23. The van der Waals surface area contributed by atoms with Gasteiger partial charge in [0.25, 0.3) is 0 Å². The highest BCUT2D eigenvalue weighted by Crippen LogP contribution is 1.64. The van der Waals surface area contributed by atoms with E-state index in [1.807, 2.05) is 0 Å². The van der Waals surface area contributed by atoms with Crippen molar-refractivity contribution in [1.29, 1.82) is 0 Å². The number of hydrogen-bond donors (Lipinski definition) is 1. The van der Waals surface area contributed by atoms with Gasteiger partial charge in [0.15, 0.2) is 0 Å². The standard InChI is InChI=1S/CH2N2O2/c1-2-3-5-4/h1,4H. The van der Waals surface area contributed by atoms with Gasteiger partial charge in [0.05, 0.1) is 5.28 Å². The molecule has 0 aromatic heterocycles. The van der Waals surface area contributed by atoms with Crippen LogP contribution in [0.4, 0.5) is 0 Å². The molecule has 0 aliphatic heterocycles. The highest BCUT2D eigenvalue weighted by molar-refractivity contribution is 4.06. The summed E-state index contributed by atoms with van der Waals surface area (Å²) in [6.45, 7) is 0. The van der Waals surface area contributed by atoms with Gasteiger partial charge in [-0.1, -0.05) is 0 Å². The lowest BCUT2D eigenvalue weighted by Gasteiger charge is -1.68. The van der Waals surface area contributed by atoms with Crippen LogP contribution in [0, 0.1) is 7.05 Å². The lowest BCUT2D eigenvalue weighted by molar-refractivity contribution is -0.250. The number of hydrogen-bond acceptors (Lipinski definition) is 4. The van der Waals surface area contributed by atoms with Crippen LogP contribution in [-0.4, -0.2) is 5.26 Å². The van der Waals surface area contributed by atoms with Gasteiger partial charge in [-0.05, 0) is 0 Å². The first-order valence-corrected chi connectivity index (χ1v) is 0.823. The van der Waals surface area contributed by atoms with E-state index in [-0.39, 0.29) is 0 Å². The van der Waals surface area contributed by atoms with Crippen molar-refractivity contribution < 1.29 is 10.2 Å². The van der Waals surface area contributed by atoms with E-state index in [4.69, 9.17) is 5.26 Å². The molecule has 0 rings (SSSR count). The van der Waals surface area contributed by atoms with E-state index >= 15 is 0 Å². The largest absolute Gasteiger partial charge is 0.203 e. The summed E-state index contributed by atoms with van der Waals surface area (Å²) in [5.41, 5.74) is 0. The lowest BCUT2D eigenvalue weighted by atomic mass is 11.6. The van der Waals surface area contributed by atoms with Gasteiger partial charge in [-0.2, -0.15) is 5.26 Å². The molecule has 28 valence electrons. The molecule has 0 fully saturated rings. The van der Waals surface area contributed by atoms with Crippen LogP contribution in [0.25, 0.3) is 0 Å². The first kappa shape index (κ1) is 4.36. The van der Waals surface area contributed by atoms with Crippen LogP contribution in [0.1, 0.15) is 0 Å². The summed E-state index contributed by atoms with van der Waals surface area (Å²) in [6.07, 6.45) is 0. The average molecular weight is 74.0 g/mol. The van der Waals surface area contributed by atoms with Crippen molar-refractivity contribution in [2.24, 2.45) is 10.4 Å². The third-order valence-corrected chi connectivity index (χ3v) is 0.0837. The maximum absolute atomic E-state index is 7.23. The Morgan fingerprint density at radius 2 is 2.40 bits per heavy atom. The molecule has 0 aromatic carbocycles. The molecular formula is CH2N2O2. The topological polar surface area (TPSA) is 54.2 Å². The molecule has 0 aromatic rings. The first-order chi connectivity index (χ1) is 2.41. The minimum atomic E-state index is 2.43. The van der Waals surface area contributed by atoms with Crippen molar-refractivity contribution in [2.75, 3.05) is 0 Å². The van der Waals surface area contributed by atoms with Gasteiger partial charge >= 0.3 is 0 Å². The van der Waals surface area contributed by atoms with E-state index in [2.05, 4.69) is 22.4 Å². The Hall–Kier alpha value is -0.640. The predicted octanol–water partition coefficient (Wildman–Crippen LogP) is 0.512. The summed E-state index contributed by atoms with van der Waals surface area (Å²) >= 11 is 0. The Bertz CT molecular complexity index is 34.6. The second-order valence-electron chi connectivity index (χ2n) is 0.279. The maximum Gasteiger partial charge on any atom is 0.128 e. The molecule has 0 heterocycles. The molecule has 0 amide bonds. The molecule has 0 atom stereocenters. The van der Waals surface area contributed by atoms with Crippen LogP contribution < -0.4 is 0 Å². The van der Waals surface area contributed by atoms with Crippen molar-refractivity contribution in [3.8, 4) is 0 Å². The summed E-state index contributed by atoms with van der Waals surface area (Å²) in [7, 11) is 4.31. The van der Waals surface area contributed by atoms with Gasteiger partial charge in [0, 0.05) is 0 Å². The second-order valence-corrected chi connectivity index (χ2v) is 0.279. The van der Waals surface area contributed by atoms with Gasteiger partial charge in [0.2, 0.25) is 0 Å². The molecule has 0 saturated heterocycles. The van der Waals surface area contributed by atoms with E-state index in [0.717, 1.165) is 0 Å². The molecule has 0 aliphatic carbocycles. The molecule has 0 saturated carbocycles. The van der Waals surface area contributed by atoms with Gasteiger partial charge in [-0.25, -0.2) is 4.99 Å². The third-order valence-electron chi connectivity index (χ3n) is 0.0837. The number of nitrogens with zero attached hydrogens (tertiary/aromatic N) is 2. The summed E-state index contributed by atoms with van der Waals surface area (Å²) in [6, 6.07) is 0. The van der Waals surface area contributed by atoms with Crippen LogP contribution in [0.15, 0.2) is 10.4 Å². The van der Waals surface area contributed by atoms with Crippen molar-refractivity contribution >= 4 is 0 Å². The minimum absolute atomic E-state index is 2.43. The Morgan fingerprint density at radius 1 is 1.80 bits per heavy atom. The zero-order valence-electron chi connectivity index (χ0n) is 2.33. The highest BCUT2D eigenvalue weighted by Gasteiger charge is 1.51. The molecule has 0 spiro atoms. The van der Waals surface area contributed by atoms with Gasteiger partial charge in [-0.15, -0.1) is 5.11 Å². The van der Waals surface area contributed by atoms with Crippen molar-refractivity contribution in [3.63, 3.8) is 0 Å². The highest BCUT2D eigenvalue weighted by atomic mass is 17.2. The zero-order chi connectivity index (χ0) is 4.12. The van der Waals surface area contributed by atoms with E-state index < -0.39 is 0 Å². The molecule has 0 unspecified atom stereocenters. The minimum Gasteiger partial charge on any atom is -0.203 e. The van der Waals surface area contributed by atoms with Crippen molar-refractivity contribution in [2.45, 2.75) is 0 Å². The van der Waals surface area contributed by atoms with Crippen molar-refractivity contribution in [1.82, 2.24) is 0 Å². The molecule has 1 N–H and O–H groups in total. The lowest BCUT2D eigenvalue weighted by Crippen LogP contribution is -1.58. The first-order valence-electron chi connectivity index (χ1n) is 0.823. The molecule has 4 nitrogen and oxygen atoms in total. The normalized spacial score (nSPS) is 9.20. The molecule has 4 heteroatoms. The SMILES string of the molecule is [CH]N=NOO. The van der Waals surface area contributed by atoms with Crippen molar-refractivity contribution in [3.05, 3.63) is 7.05 Å². The fourth-order valence-electron chi connectivity index (χ4n) is 0.0211. The van der Waals surface area contributed by atoms with E-state index in [1.54, 1.807) is 0 Å². The number of rotatable bonds is 1. The Kier molecular flexibility index (Phi) is 2.93. The monoisotopic (exact) mass is 74.0 g/mol. The molecular weight excluding hydrogens is 72.0 g/mol. The summed E-state index contributed by atoms with van der Waals surface area (Å²) in [5.74, 6) is 0. The molecule has 0 bridgehead atoms. The quantitative estimate of drug-likeness (QED) is 0.280. The van der Waals surface area contributed by atoms with Crippen LogP contribution in [0.2, 0.25) is 0 Å². The summed E-state index contributed by atoms with van der Waals surface area (Å²) in [5, 5.41) is 12.2. The van der Waals surface area contributed by atoms with Gasteiger partial charge < -0.3 is 0 Å². The van der Waals surface area contributed by atoms with E-state index in [0.29, 0.717) is 0 Å². The Morgan fingerprint density at radius 3 is 2.40 bits per heavy atom. The summed E-state index contributed by atoms with van der Waals surface area (Å²) < 4.78 is 0. The van der Waals surface area contributed by atoms with Crippen LogP contribution in [0.5, 0.6) is 0 Å². The molecule has 0 aliphatic rings. The van der Waals surface area contributed by atoms with E-state index in [1.165, 1.54) is 0 Å². The van der Waals surface area contributed by atoms with Crippen LogP contribution in [0.3, 0.4) is 0 Å². The molecule has 5 heavy (non-hydrogen) atoms. The Balaban J connectivity index is 2.62. The smallest absolute Gasteiger partial charge is 0.128 e. The van der Waals surface area contributed by atoms with Gasteiger partial charge in [0.1, 0.15) is 7.05 Å². The third kappa shape index (κ3) is 3.36. The van der Waals surface area contributed by atoms with Crippen LogP contribution >= 0.6 is 0 Å². The summed E-state index contributed by atoms with van der Waals surface area (Å²) in [4.78, 5) is 3.02. The van der Waals surface area contributed by atoms with E-state index in [9.17, 15) is 0 Å². The second kappa shape index (κ2) is 3.36. The zero-order valence-corrected chi connectivity index (χ0v) is 2.33. The fraction of sp³-hybridized carbons (Fsp3) is 0. The Labute approximate surface area is 29.0 Å².